The van der Waals surface area contributed by atoms with E-state index in [9.17, 15) is 0 Å². The molecule has 1 rings (SSSR count). The minimum Gasteiger partial charge on any atom is -0.398 e. The maximum atomic E-state index is 8.65. The van der Waals surface area contributed by atoms with Crippen LogP contribution in [0.5, 0.6) is 0 Å². The van der Waals surface area contributed by atoms with Crippen LogP contribution in [0, 0.1) is 11.3 Å². The van der Waals surface area contributed by atoms with Crippen LogP contribution in [0.15, 0.2) is 18.2 Å². The van der Waals surface area contributed by atoms with Gasteiger partial charge in [0.05, 0.1) is 12.0 Å². The highest BCUT2D eigenvalue weighted by Crippen LogP contribution is 2.24. The maximum Gasteiger partial charge on any atom is 0.0705 e. The molecule has 0 saturated carbocycles. The fourth-order valence-corrected chi connectivity index (χ4v) is 1.17. The molecule has 1 aromatic rings. The minimum absolute atomic E-state index is 0.205. The molecule has 1 aromatic carbocycles. The lowest BCUT2D eigenvalue weighted by molar-refractivity contribution is 0.986. The van der Waals surface area contributed by atoms with Crippen molar-refractivity contribution in [3.05, 3.63) is 28.8 Å². The predicted molar refractivity (Wildman–Crippen MR) is 49.9 cm³/mol. The number of nitrogens with two attached hydrogens (primary N) is 1. The van der Waals surface area contributed by atoms with Crippen molar-refractivity contribution in [2.24, 2.45) is 0 Å². The average molecular weight is 181 g/mol. The van der Waals surface area contributed by atoms with Gasteiger partial charge >= 0.3 is 0 Å². The van der Waals surface area contributed by atoms with Crippen LogP contribution in [-0.4, -0.2) is 0 Å². The summed E-state index contributed by atoms with van der Waals surface area (Å²) in [6, 6.07) is 7.26. The Morgan fingerprint density at radius 3 is 2.83 bits per heavy atom. The lowest BCUT2D eigenvalue weighted by atomic mass is 10.0. The van der Waals surface area contributed by atoms with Gasteiger partial charge < -0.3 is 5.73 Å². The molecule has 0 fully saturated rings. The van der Waals surface area contributed by atoms with E-state index in [0.717, 1.165) is 5.56 Å². The molecular formula is C9H9ClN2. The second-order valence-corrected chi connectivity index (χ2v) is 3.06. The van der Waals surface area contributed by atoms with Crippen LogP contribution in [0.4, 0.5) is 5.69 Å². The van der Waals surface area contributed by atoms with E-state index in [-0.39, 0.29) is 5.92 Å². The second-order valence-electron chi connectivity index (χ2n) is 2.62. The van der Waals surface area contributed by atoms with Crippen LogP contribution < -0.4 is 5.73 Å². The second kappa shape index (κ2) is 3.46. The molecular weight excluding hydrogens is 172 g/mol. The largest absolute Gasteiger partial charge is 0.398 e. The lowest BCUT2D eigenvalue weighted by Gasteiger charge is -2.06. The summed E-state index contributed by atoms with van der Waals surface area (Å²) in [4.78, 5) is 0. The van der Waals surface area contributed by atoms with E-state index in [0.29, 0.717) is 10.7 Å². The lowest BCUT2D eigenvalue weighted by Crippen LogP contribution is -1.96. The van der Waals surface area contributed by atoms with Gasteiger partial charge in [0.15, 0.2) is 0 Å². The van der Waals surface area contributed by atoms with Crippen molar-refractivity contribution in [1.29, 1.82) is 5.26 Å². The number of nitrogens with zero attached hydrogens (tertiary/aromatic N) is 1. The van der Waals surface area contributed by atoms with Crippen LogP contribution in [-0.2, 0) is 0 Å². The molecule has 0 amide bonds. The first-order valence-corrected chi connectivity index (χ1v) is 3.97. The van der Waals surface area contributed by atoms with E-state index >= 15 is 0 Å². The standard InChI is InChI=1S/C9H9ClN2/c1-6(5-11)8-4-7(10)2-3-9(8)12/h2-4,6H,12H2,1H3. The highest BCUT2D eigenvalue weighted by molar-refractivity contribution is 6.30. The smallest absolute Gasteiger partial charge is 0.0705 e. The molecule has 1 unspecified atom stereocenters. The fraction of sp³-hybridized carbons (Fsp3) is 0.222. The number of rotatable bonds is 1. The normalized spacial score (nSPS) is 12.1. The first-order chi connectivity index (χ1) is 5.65. The zero-order valence-corrected chi connectivity index (χ0v) is 7.47. The molecule has 0 aliphatic heterocycles. The first kappa shape index (κ1) is 8.89. The number of hydrogen-bond donors (Lipinski definition) is 1. The van der Waals surface area contributed by atoms with E-state index in [2.05, 4.69) is 6.07 Å². The van der Waals surface area contributed by atoms with Crippen molar-refractivity contribution in [1.82, 2.24) is 0 Å². The molecule has 62 valence electrons. The summed E-state index contributed by atoms with van der Waals surface area (Å²) in [5.74, 6) is -0.205. The number of nitriles is 1. The number of halogens is 1. The quantitative estimate of drug-likeness (QED) is 0.676. The molecule has 0 spiro atoms. The molecule has 3 heteroatoms. The van der Waals surface area contributed by atoms with Gasteiger partial charge in [0.1, 0.15) is 0 Å². The van der Waals surface area contributed by atoms with Crippen LogP contribution in [0.2, 0.25) is 5.02 Å². The summed E-state index contributed by atoms with van der Waals surface area (Å²) >= 11 is 5.75. The van der Waals surface area contributed by atoms with Gasteiger partial charge in [-0.05, 0) is 30.7 Å². The van der Waals surface area contributed by atoms with E-state index in [1.165, 1.54) is 0 Å². The van der Waals surface area contributed by atoms with Crippen LogP contribution in [0.1, 0.15) is 18.4 Å². The molecule has 0 aliphatic rings. The predicted octanol–water partition coefficient (Wildman–Crippen LogP) is 2.55. The van der Waals surface area contributed by atoms with Crippen molar-refractivity contribution < 1.29 is 0 Å². The Bertz CT molecular complexity index is 328. The van der Waals surface area contributed by atoms with Crippen LogP contribution >= 0.6 is 11.6 Å². The Morgan fingerprint density at radius 2 is 2.25 bits per heavy atom. The van der Waals surface area contributed by atoms with Crippen molar-refractivity contribution in [3.63, 3.8) is 0 Å². The highest BCUT2D eigenvalue weighted by Gasteiger charge is 2.07. The van der Waals surface area contributed by atoms with Crippen molar-refractivity contribution in [2.75, 3.05) is 5.73 Å². The minimum atomic E-state index is -0.205. The van der Waals surface area contributed by atoms with E-state index in [4.69, 9.17) is 22.6 Å². The third-order valence-electron chi connectivity index (χ3n) is 1.71. The van der Waals surface area contributed by atoms with Gasteiger partial charge in [-0.2, -0.15) is 5.26 Å². The molecule has 0 bridgehead atoms. The van der Waals surface area contributed by atoms with Gasteiger partial charge in [-0.3, -0.25) is 0 Å². The SMILES string of the molecule is CC(C#N)c1cc(Cl)ccc1N. The van der Waals surface area contributed by atoms with Crippen LogP contribution in [0.3, 0.4) is 0 Å². The van der Waals surface area contributed by atoms with Gasteiger partial charge in [0.25, 0.3) is 0 Å². The number of hydrogen-bond acceptors (Lipinski definition) is 2. The Morgan fingerprint density at radius 1 is 1.58 bits per heavy atom. The third-order valence-corrected chi connectivity index (χ3v) is 1.94. The Kier molecular flexibility index (Phi) is 2.57. The maximum absolute atomic E-state index is 8.65. The van der Waals surface area contributed by atoms with E-state index < -0.39 is 0 Å². The third kappa shape index (κ3) is 1.69. The van der Waals surface area contributed by atoms with Crippen molar-refractivity contribution >= 4 is 17.3 Å². The molecule has 0 saturated heterocycles. The molecule has 12 heavy (non-hydrogen) atoms. The van der Waals surface area contributed by atoms with Crippen molar-refractivity contribution in [2.45, 2.75) is 12.8 Å². The van der Waals surface area contributed by atoms with Gasteiger partial charge in [-0.1, -0.05) is 11.6 Å². The molecule has 1 atom stereocenters. The number of anilines is 1. The Hall–Kier alpha value is -1.20. The molecule has 0 radical (unpaired) electrons. The summed E-state index contributed by atoms with van der Waals surface area (Å²) in [7, 11) is 0. The summed E-state index contributed by atoms with van der Waals surface area (Å²) in [5.41, 5.74) is 7.07. The van der Waals surface area contributed by atoms with Gasteiger partial charge in [0, 0.05) is 10.7 Å². The van der Waals surface area contributed by atoms with Gasteiger partial charge in [-0.15, -0.1) is 0 Å². The zero-order chi connectivity index (χ0) is 9.14. The van der Waals surface area contributed by atoms with E-state index in [1.54, 1.807) is 25.1 Å². The Balaban J connectivity index is 3.15. The summed E-state index contributed by atoms with van der Waals surface area (Å²) in [5, 5.41) is 9.27. The fourth-order valence-electron chi connectivity index (χ4n) is 0.990. The van der Waals surface area contributed by atoms with Crippen LogP contribution in [0.25, 0.3) is 0 Å². The summed E-state index contributed by atoms with van der Waals surface area (Å²) in [6.45, 7) is 1.79. The summed E-state index contributed by atoms with van der Waals surface area (Å²) < 4.78 is 0. The first-order valence-electron chi connectivity index (χ1n) is 3.59. The van der Waals surface area contributed by atoms with E-state index in [1.807, 2.05) is 0 Å². The molecule has 2 N–H and O–H groups in total. The zero-order valence-electron chi connectivity index (χ0n) is 6.71. The van der Waals surface area contributed by atoms with Crippen molar-refractivity contribution in [3.8, 4) is 6.07 Å². The molecule has 0 aromatic heterocycles. The monoisotopic (exact) mass is 180 g/mol. The highest BCUT2D eigenvalue weighted by atomic mass is 35.5. The topological polar surface area (TPSA) is 49.8 Å². The number of benzene rings is 1. The number of nitrogen functional groups attached to an aromatic ring is 1. The van der Waals surface area contributed by atoms with Gasteiger partial charge in [-0.25, -0.2) is 0 Å². The van der Waals surface area contributed by atoms with Gasteiger partial charge in [0.2, 0.25) is 0 Å². The summed E-state index contributed by atoms with van der Waals surface area (Å²) in [6.07, 6.45) is 0. The molecule has 0 heterocycles. The Labute approximate surface area is 76.6 Å². The molecule has 0 aliphatic carbocycles. The average Bonchev–Trinajstić information content (AvgIpc) is 2.08. The molecule has 2 nitrogen and oxygen atoms in total.